The van der Waals surface area contributed by atoms with E-state index in [0.717, 1.165) is 24.8 Å². The van der Waals surface area contributed by atoms with Crippen LogP contribution in [-0.4, -0.2) is 12.5 Å². The lowest BCUT2D eigenvalue weighted by Gasteiger charge is -2.33. The highest BCUT2D eigenvalue weighted by molar-refractivity contribution is 5.96. The third-order valence-corrected chi connectivity index (χ3v) is 5.56. The van der Waals surface area contributed by atoms with Gasteiger partial charge in [-0.25, -0.2) is 8.78 Å². The molecular formula is C17H19F2NO. The van der Waals surface area contributed by atoms with Crippen LogP contribution < -0.4 is 4.90 Å². The van der Waals surface area contributed by atoms with Crippen LogP contribution in [0.15, 0.2) is 12.1 Å². The molecule has 1 amide bonds. The highest BCUT2D eigenvalue weighted by Gasteiger charge is 2.45. The van der Waals surface area contributed by atoms with E-state index in [4.69, 9.17) is 0 Å². The first kappa shape index (κ1) is 13.2. The number of carbonyl (C=O) groups is 1. The second kappa shape index (κ2) is 4.79. The van der Waals surface area contributed by atoms with Crippen molar-refractivity contribution in [2.45, 2.75) is 38.5 Å². The van der Waals surface area contributed by atoms with Crippen molar-refractivity contribution in [3.8, 4) is 0 Å². The van der Waals surface area contributed by atoms with Crippen LogP contribution in [0.4, 0.5) is 14.5 Å². The van der Waals surface area contributed by atoms with E-state index >= 15 is 0 Å². The molecular weight excluding hydrogens is 272 g/mol. The zero-order valence-electron chi connectivity index (χ0n) is 11.9. The number of fused-ring (bicyclic) bond motifs is 3. The minimum Gasteiger partial charge on any atom is -0.312 e. The molecule has 2 nitrogen and oxygen atoms in total. The maximum Gasteiger partial charge on any atom is 0.230 e. The van der Waals surface area contributed by atoms with Gasteiger partial charge in [0.05, 0.1) is 0 Å². The Balaban J connectivity index is 1.65. The van der Waals surface area contributed by atoms with Crippen LogP contribution >= 0.6 is 0 Å². The second-order valence-electron chi connectivity index (χ2n) is 6.77. The van der Waals surface area contributed by atoms with E-state index in [1.807, 2.05) is 0 Å². The summed E-state index contributed by atoms with van der Waals surface area (Å²) in [5.41, 5.74) is 1.35. The molecule has 21 heavy (non-hydrogen) atoms. The molecule has 2 saturated carbocycles. The van der Waals surface area contributed by atoms with Crippen molar-refractivity contribution in [3.05, 3.63) is 29.3 Å². The summed E-state index contributed by atoms with van der Waals surface area (Å²) in [5, 5.41) is 0. The number of anilines is 1. The molecule has 0 spiro atoms. The monoisotopic (exact) mass is 291 g/mol. The Bertz CT molecular complexity index is 601. The van der Waals surface area contributed by atoms with E-state index in [0.29, 0.717) is 30.5 Å². The fourth-order valence-corrected chi connectivity index (χ4v) is 4.55. The summed E-state index contributed by atoms with van der Waals surface area (Å²) in [6.07, 6.45) is 6.11. The minimum absolute atomic E-state index is 0.0998. The average Bonchev–Trinajstić information content (AvgIpc) is 3.10. The van der Waals surface area contributed by atoms with Gasteiger partial charge in [0.15, 0.2) is 11.6 Å². The number of carbonyl (C=O) groups excluding carboxylic acids is 1. The van der Waals surface area contributed by atoms with Gasteiger partial charge >= 0.3 is 0 Å². The molecule has 3 aliphatic rings. The first-order valence-electron chi connectivity index (χ1n) is 7.93. The van der Waals surface area contributed by atoms with Crippen LogP contribution in [0.1, 0.15) is 37.7 Å². The summed E-state index contributed by atoms with van der Waals surface area (Å²) in [6, 6.07) is 2.46. The van der Waals surface area contributed by atoms with Crippen LogP contribution in [-0.2, 0) is 11.2 Å². The molecule has 0 N–H and O–H groups in total. The van der Waals surface area contributed by atoms with Gasteiger partial charge in [-0.15, -0.1) is 0 Å². The van der Waals surface area contributed by atoms with Crippen molar-refractivity contribution in [2.75, 3.05) is 11.4 Å². The van der Waals surface area contributed by atoms with Gasteiger partial charge in [0.25, 0.3) is 0 Å². The fraction of sp³-hybridized carbons (Fsp3) is 0.588. The molecule has 3 unspecified atom stereocenters. The summed E-state index contributed by atoms with van der Waals surface area (Å²) in [6.45, 7) is 0.630. The van der Waals surface area contributed by atoms with Gasteiger partial charge in [-0.1, -0.05) is 6.42 Å². The Kier molecular flexibility index (Phi) is 3.02. The van der Waals surface area contributed by atoms with Gasteiger partial charge in [-0.2, -0.15) is 0 Å². The molecule has 1 heterocycles. The van der Waals surface area contributed by atoms with Gasteiger partial charge in [0.1, 0.15) is 0 Å². The van der Waals surface area contributed by atoms with Crippen LogP contribution in [0.5, 0.6) is 0 Å². The van der Waals surface area contributed by atoms with Crippen LogP contribution in [0.25, 0.3) is 0 Å². The molecule has 1 aromatic rings. The molecule has 1 aromatic carbocycles. The maximum absolute atomic E-state index is 13.6. The number of aryl methyl sites for hydroxylation is 1. The molecule has 3 atom stereocenters. The van der Waals surface area contributed by atoms with E-state index < -0.39 is 11.6 Å². The minimum atomic E-state index is -0.860. The van der Waals surface area contributed by atoms with Crippen molar-refractivity contribution in [2.24, 2.45) is 17.8 Å². The molecule has 2 fully saturated rings. The first-order chi connectivity index (χ1) is 10.1. The fourth-order valence-electron chi connectivity index (χ4n) is 4.55. The summed E-state index contributed by atoms with van der Waals surface area (Å²) >= 11 is 0. The zero-order chi connectivity index (χ0) is 14.6. The third kappa shape index (κ3) is 2.07. The van der Waals surface area contributed by atoms with E-state index in [2.05, 4.69) is 0 Å². The normalized spacial score (nSPS) is 30.6. The number of benzene rings is 1. The topological polar surface area (TPSA) is 20.3 Å². The molecule has 4 heteroatoms. The third-order valence-electron chi connectivity index (χ3n) is 5.56. The Morgan fingerprint density at radius 2 is 1.95 bits per heavy atom. The van der Waals surface area contributed by atoms with E-state index in [1.165, 1.54) is 25.0 Å². The van der Waals surface area contributed by atoms with E-state index in [9.17, 15) is 13.6 Å². The summed E-state index contributed by atoms with van der Waals surface area (Å²) in [4.78, 5) is 14.6. The lowest BCUT2D eigenvalue weighted by molar-refractivity contribution is -0.124. The van der Waals surface area contributed by atoms with Crippen LogP contribution in [0.3, 0.4) is 0 Å². The molecule has 112 valence electrons. The quantitative estimate of drug-likeness (QED) is 0.773. The highest BCUT2D eigenvalue weighted by Crippen LogP contribution is 2.49. The second-order valence-corrected chi connectivity index (χ2v) is 6.77. The first-order valence-corrected chi connectivity index (χ1v) is 7.93. The standard InChI is InChI=1S/C17H19F2NO/c18-14-8-12-2-1-5-20(16(12)9-15(14)19)17(21)13-7-10-3-4-11(13)6-10/h8-11,13H,1-7H2. The van der Waals surface area contributed by atoms with Crippen molar-refractivity contribution in [1.82, 2.24) is 0 Å². The van der Waals surface area contributed by atoms with E-state index in [-0.39, 0.29) is 11.8 Å². The lowest BCUT2D eigenvalue weighted by atomic mass is 9.87. The molecule has 2 bridgehead atoms. The Morgan fingerprint density at radius 3 is 2.67 bits per heavy atom. The van der Waals surface area contributed by atoms with Crippen molar-refractivity contribution in [1.29, 1.82) is 0 Å². The smallest absolute Gasteiger partial charge is 0.230 e. The molecule has 2 aliphatic carbocycles. The van der Waals surface area contributed by atoms with Gasteiger partial charge in [-0.05, 0) is 55.6 Å². The Labute approximate surface area is 123 Å². The molecule has 1 aliphatic heterocycles. The largest absolute Gasteiger partial charge is 0.312 e. The van der Waals surface area contributed by atoms with Crippen molar-refractivity contribution in [3.63, 3.8) is 0 Å². The van der Waals surface area contributed by atoms with Gasteiger partial charge < -0.3 is 4.90 Å². The summed E-state index contributed by atoms with van der Waals surface area (Å²) < 4.78 is 26.9. The maximum atomic E-state index is 13.6. The SMILES string of the molecule is O=C(C1CC2CCC1C2)N1CCCc2cc(F)c(F)cc21. The molecule has 4 rings (SSSR count). The molecule has 0 saturated heterocycles. The number of halogens is 2. The van der Waals surface area contributed by atoms with Gasteiger partial charge in [-0.3, -0.25) is 4.79 Å². The van der Waals surface area contributed by atoms with Crippen LogP contribution in [0, 0.1) is 29.4 Å². The Morgan fingerprint density at radius 1 is 1.14 bits per heavy atom. The molecule has 0 aromatic heterocycles. The lowest BCUT2D eigenvalue weighted by Crippen LogP contribution is -2.41. The number of hydrogen-bond acceptors (Lipinski definition) is 1. The number of nitrogens with zero attached hydrogens (tertiary/aromatic N) is 1. The predicted octanol–water partition coefficient (Wildman–Crippen LogP) is 3.68. The molecule has 0 radical (unpaired) electrons. The Hall–Kier alpha value is -1.45. The van der Waals surface area contributed by atoms with Crippen LogP contribution in [0.2, 0.25) is 0 Å². The number of hydrogen-bond donors (Lipinski definition) is 0. The summed E-state index contributed by atoms with van der Waals surface area (Å²) in [5.74, 6) is -0.224. The number of rotatable bonds is 1. The van der Waals surface area contributed by atoms with Gasteiger partial charge in [0.2, 0.25) is 5.91 Å². The average molecular weight is 291 g/mol. The van der Waals surface area contributed by atoms with Crippen molar-refractivity contribution >= 4 is 11.6 Å². The number of amides is 1. The summed E-state index contributed by atoms with van der Waals surface area (Å²) in [7, 11) is 0. The van der Waals surface area contributed by atoms with Crippen molar-refractivity contribution < 1.29 is 13.6 Å². The highest BCUT2D eigenvalue weighted by atomic mass is 19.2. The zero-order valence-corrected chi connectivity index (χ0v) is 11.9. The van der Waals surface area contributed by atoms with E-state index in [1.54, 1.807) is 4.90 Å². The predicted molar refractivity (Wildman–Crippen MR) is 76.0 cm³/mol. The van der Waals surface area contributed by atoms with Gasteiger partial charge in [0, 0.05) is 24.2 Å².